The van der Waals surface area contributed by atoms with Crippen LogP contribution in [0.1, 0.15) is 66.4 Å². The molecule has 0 radical (unpaired) electrons. The van der Waals surface area contributed by atoms with Crippen molar-refractivity contribution in [3.63, 3.8) is 0 Å². The fourth-order valence-corrected chi connectivity index (χ4v) is 5.49. The third-order valence-electron chi connectivity index (χ3n) is 7.80. The van der Waals surface area contributed by atoms with Crippen LogP contribution in [0.4, 0.5) is 0 Å². The highest BCUT2D eigenvalue weighted by atomic mass is 16.2. The van der Waals surface area contributed by atoms with E-state index < -0.39 is 0 Å². The Morgan fingerprint density at radius 2 is 1.72 bits per heavy atom. The lowest BCUT2D eigenvalue weighted by Crippen LogP contribution is -2.39. The zero-order valence-corrected chi connectivity index (χ0v) is 21.1. The lowest BCUT2D eigenvalue weighted by atomic mass is 9.90. The molecule has 1 aromatic carbocycles. The van der Waals surface area contributed by atoms with Gasteiger partial charge in [0, 0.05) is 31.1 Å². The summed E-state index contributed by atoms with van der Waals surface area (Å²) in [6.07, 6.45) is 6.78. The van der Waals surface area contributed by atoms with Gasteiger partial charge < -0.3 is 4.90 Å². The molecule has 3 aromatic heterocycles. The van der Waals surface area contributed by atoms with Crippen LogP contribution in [-0.4, -0.2) is 53.5 Å². The second-order valence-electron chi connectivity index (χ2n) is 10.4. The van der Waals surface area contributed by atoms with Gasteiger partial charge in [0.25, 0.3) is 0 Å². The van der Waals surface area contributed by atoms with E-state index in [4.69, 9.17) is 10.2 Å². The number of aromatic nitrogens is 6. The van der Waals surface area contributed by atoms with Gasteiger partial charge in [-0.1, -0.05) is 30.3 Å². The van der Waals surface area contributed by atoms with E-state index in [1.165, 1.54) is 5.56 Å². The van der Waals surface area contributed by atoms with Gasteiger partial charge in [-0.3, -0.25) is 4.79 Å². The minimum absolute atomic E-state index is 0.248. The van der Waals surface area contributed by atoms with Crippen molar-refractivity contribution in [2.24, 2.45) is 5.92 Å². The average Bonchev–Trinajstić information content (AvgIpc) is 3.59. The van der Waals surface area contributed by atoms with Gasteiger partial charge in [0.1, 0.15) is 0 Å². The van der Waals surface area contributed by atoms with Gasteiger partial charge in [-0.05, 0) is 81.5 Å². The first-order valence-corrected chi connectivity index (χ1v) is 13.2. The van der Waals surface area contributed by atoms with E-state index in [-0.39, 0.29) is 5.91 Å². The van der Waals surface area contributed by atoms with Gasteiger partial charge in [0.2, 0.25) is 5.91 Å². The maximum absolute atomic E-state index is 13.0. The van der Waals surface area contributed by atoms with Gasteiger partial charge in [0.15, 0.2) is 17.3 Å². The lowest BCUT2D eigenvalue weighted by Gasteiger charge is -2.32. The van der Waals surface area contributed by atoms with Crippen molar-refractivity contribution in [3.8, 4) is 5.82 Å². The normalized spacial score (nSPS) is 16.7. The zero-order chi connectivity index (χ0) is 24.6. The molecule has 1 amide bonds. The van der Waals surface area contributed by atoms with E-state index in [0.29, 0.717) is 24.7 Å². The smallest absolute Gasteiger partial charge is 0.222 e. The van der Waals surface area contributed by atoms with E-state index >= 15 is 0 Å². The van der Waals surface area contributed by atoms with E-state index in [0.717, 1.165) is 79.4 Å². The Hall–Kier alpha value is -3.55. The van der Waals surface area contributed by atoms with E-state index in [1.54, 1.807) is 0 Å². The largest absolute Gasteiger partial charge is 0.343 e. The summed E-state index contributed by atoms with van der Waals surface area (Å²) in [5, 5.41) is 18.2. The molecule has 1 aliphatic heterocycles. The Morgan fingerprint density at radius 1 is 0.944 bits per heavy atom. The summed E-state index contributed by atoms with van der Waals surface area (Å²) in [6.45, 7) is 5.81. The molecule has 1 saturated carbocycles. The fourth-order valence-electron chi connectivity index (χ4n) is 5.49. The summed E-state index contributed by atoms with van der Waals surface area (Å²) in [5.74, 6) is 3.07. The number of rotatable bonds is 7. The number of hydrogen-bond acceptors (Lipinski definition) is 5. The molecule has 4 heterocycles. The first-order chi connectivity index (χ1) is 17.6. The maximum atomic E-state index is 13.0. The highest BCUT2D eigenvalue weighted by Gasteiger charge is 2.29. The van der Waals surface area contributed by atoms with Gasteiger partial charge in [0.05, 0.1) is 5.69 Å². The highest BCUT2D eigenvalue weighted by molar-refractivity contribution is 5.76. The molecule has 8 nitrogen and oxygen atoms in total. The molecule has 0 N–H and O–H groups in total. The van der Waals surface area contributed by atoms with Crippen LogP contribution >= 0.6 is 0 Å². The SMILES string of the molecule is Cc1nn(-c2ccc3nnc(C4CC4)n3n2)c(C)c1CCC(=O)N1CCC(Cc2ccccc2)CC1. The predicted molar refractivity (Wildman–Crippen MR) is 137 cm³/mol. The molecule has 1 aliphatic carbocycles. The van der Waals surface area contributed by atoms with Crippen molar-refractivity contribution in [2.75, 3.05) is 13.1 Å². The second kappa shape index (κ2) is 9.48. The molecule has 0 bridgehead atoms. The fraction of sp³-hybridized carbons (Fsp3) is 0.464. The average molecular weight is 484 g/mol. The first-order valence-electron chi connectivity index (χ1n) is 13.2. The lowest BCUT2D eigenvalue weighted by molar-refractivity contribution is -0.132. The standard InChI is InChI=1S/C28H33N7O/c1-19-24(10-13-27(36)33-16-14-22(15-17-33)18-21-6-4-3-5-7-21)20(2)34(31-19)26-12-11-25-29-30-28(23-8-9-23)35(25)32-26/h3-7,11-12,22-23H,8-10,13-18H2,1-2H3. The van der Waals surface area contributed by atoms with Crippen LogP contribution in [0.15, 0.2) is 42.5 Å². The minimum atomic E-state index is 0.248. The molecule has 1 saturated heterocycles. The minimum Gasteiger partial charge on any atom is -0.343 e. The first kappa shape index (κ1) is 22.9. The van der Waals surface area contributed by atoms with Gasteiger partial charge in [-0.2, -0.15) is 9.61 Å². The Morgan fingerprint density at radius 3 is 2.47 bits per heavy atom. The molecule has 2 fully saturated rings. The van der Waals surface area contributed by atoms with Crippen molar-refractivity contribution < 1.29 is 4.79 Å². The summed E-state index contributed by atoms with van der Waals surface area (Å²) in [5.41, 5.74) is 5.28. The Bertz CT molecular complexity index is 1380. The molecular formula is C28H33N7O. The third kappa shape index (κ3) is 4.52. The maximum Gasteiger partial charge on any atom is 0.222 e. The van der Waals surface area contributed by atoms with Crippen LogP contribution in [0, 0.1) is 19.8 Å². The summed E-state index contributed by atoms with van der Waals surface area (Å²) in [6, 6.07) is 14.6. The monoisotopic (exact) mass is 483 g/mol. The number of benzene rings is 1. The molecule has 0 atom stereocenters. The molecule has 8 heteroatoms. The topological polar surface area (TPSA) is 81.2 Å². The summed E-state index contributed by atoms with van der Waals surface area (Å²) >= 11 is 0. The van der Waals surface area contributed by atoms with Crippen LogP contribution in [0.5, 0.6) is 0 Å². The Balaban J connectivity index is 1.09. The van der Waals surface area contributed by atoms with Gasteiger partial charge in [-0.25, -0.2) is 4.68 Å². The molecular weight excluding hydrogens is 450 g/mol. The van der Waals surface area contributed by atoms with Crippen molar-refractivity contribution in [3.05, 3.63) is 70.8 Å². The third-order valence-corrected chi connectivity index (χ3v) is 7.80. The molecule has 186 valence electrons. The van der Waals surface area contributed by atoms with Gasteiger partial charge in [-0.15, -0.1) is 15.3 Å². The van der Waals surface area contributed by atoms with Crippen LogP contribution < -0.4 is 0 Å². The molecule has 36 heavy (non-hydrogen) atoms. The summed E-state index contributed by atoms with van der Waals surface area (Å²) in [7, 11) is 0. The van der Waals surface area contributed by atoms with E-state index in [1.807, 2.05) is 28.3 Å². The number of likely N-dealkylation sites (tertiary alicyclic amines) is 1. The number of aryl methyl sites for hydroxylation is 1. The quantitative estimate of drug-likeness (QED) is 0.393. The number of amides is 1. The number of nitrogens with zero attached hydrogens (tertiary/aromatic N) is 7. The Labute approximate surface area is 211 Å². The number of carbonyl (C=O) groups is 1. The van der Waals surface area contributed by atoms with Crippen LogP contribution in [-0.2, 0) is 17.6 Å². The Kier molecular flexibility index (Phi) is 6.03. The molecule has 6 rings (SSSR count). The zero-order valence-electron chi connectivity index (χ0n) is 21.1. The van der Waals surface area contributed by atoms with Crippen molar-refractivity contribution in [1.82, 2.24) is 34.5 Å². The molecule has 2 aliphatic rings. The summed E-state index contributed by atoms with van der Waals surface area (Å²) < 4.78 is 3.74. The van der Waals surface area contributed by atoms with Gasteiger partial charge >= 0.3 is 0 Å². The summed E-state index contributed by atoms with van der Waals surface area (Å²) in [4.78, 5) is 15.1. The van der Waals surface area contributed by atoms with Crippen LogP contribution in [0.25, 0.3) is 11.5 Å². The number of carbonyl (C=O) groups excluding carboxylic acids is 1. The van der Waals surface area contributed by atoms with E-state index in [9.17, 15) is 4.79 Å². The molecule has 0 spiro atoms. The predicted octanol–water partition coefficient (Wildman–Crippen LogP) is 4.22. The van der Waals surface area contributed by atoms with Crippen LogP contribution in [0.2, 0.25) is 0 Å². The molecule has 4 aromatic rings. The molecule has 0 unspecified atom stereocenters. The number of hydrogen-bond donors (Lipinski definition) is 0. The van der Waals surface area contributed by atoms with Crippen LogP contribution in [0.3, 0.4) is 0 Å². The number of piperidine rings is 1. The van der Waals surface area contributed by atoms with Crippen molar-refractivity contribution >= 4 is 11.6 Å². The second-order valence-corrected chi connectivity index (χ2v) is 10.4. The number of fused-ring (bicyclic) bond motifs is 1. The van der Waals surface area contributed by atoms with Crippen molar-refractivity contribution in [1.29, 1.82) is 0 Å². The van der Waals surface area contributed by atoms with Crippen molar-refractivity contribution in [2.45, 2.75) is 64.7 Å². The van der Waals surface area contributed by atoms with E-state index in [2.05, 4.69) is 52.4 Å². The highest BCUT2D eigenvalue weighted by Crippen LogP contribution is 2.38.